The van der Waals surface area contributed by atoms with Gasteiger partial charge in [-0.05, 0) is 56.0 Å². The van der Waals surface area contributed by atoms with E-state index in [0.717, 1.165) is 32.2 Å². The third-order valence-electron chi connectivity index (χ3n) is 5.17. The molecule has 28 heavy (non-hydrogen) atoms. The van der Waals surface area contributed by atoms with Crippen molar-refractivity contribution in [1.82, 2.24) is 10.2 Å². The van der Waals surface area contributed by atoms with Crippen LogP contribution in [0.15, 0.2) is 18.2 Å². The molecular formula is C18H27ClN4O4S. The zero-order valence-corrected chi connectivity index (χ0v) is 17.7. The summed E-state index contributed by atoms with van der Waals surface area (Å²) in [5, 5.41) is 6.05. The first-order valence-corrected chi connectivity index (χ1v) is 11.0. The minimum atomic E-state index is -3.54. The monoisotopic (exact) mass is 430 g/mol. The van der Waals surface area contributed by atoms with Crippen LogP contribution in [0.4, 0.5) is 11.4 Å². The van der Waals surface area contributed by atoms with Crippen molar-refractivity contribution in [2.75, 3.05) is 42.5 Å². The summed E-state index contributed by atoms with van der Waals surface area (Å²) in [6.45, 7) is 4.65. The Morgan fingerprint density at radius 2 is 1.75 bits per heavy atom. The van der Waals surface area contributed by atoms with Crippen LogP contribution in [0, 0.1) is 11.8 Å². The van der Waals surface area contributed by atoms with Crippen molar-refractivity contribution in [1.29, 1.82) is 0 Å². The highest BCUT2D eigenvalue weighted by Crippen LogP contribution is 2.29. The maximum atomic E-state index is 13.2. The van der Waals surface area contributed by atoms with Gasteiger partial charge in [-0.15, -0.1) is 12.4 Å². The fraction of sp³-hybridized carbons (Fsp3) is 0.556. The van der Waals surface area contributed by atoms with Crippen LogP contribution in [-0.4, -0.2) is 57.6 Å². The zero-order valence-electron chi connectivity index (χ0n) is 16.0. The Labute approximate surface area is 171 Å². The first kappa shape index (κ1) is 22.4. The molecular weight excluding hydrogens is 404 g/mol. The first-order valence-electron chi connectivity index (χ1n) is 9.12. The molecule has 0 radical (unpaired) electrons. The van der Waals surface area contributed by atoms with Crippen molar-refractivity contribution < 1.29 is 18.0 Å². The van der Waals surface area contributed by atoms with Gasteiger partial charge in [0.2, 0.25) is 15.9 Å². The normalized spacial score (nSPS) is 21.9. The molecule has 2 saturated heterocycles. The largest absolute Gasteiger partial charge is 0.339 e. The lowest BCUT2D eigenvalue weighted by Crippen LogP contribution is -2.33. The smallest absolute Gasteiger partial charge is 0.256 e. The molecule has 156 valence electrons. The Balaban J connectivity index is 0.00000280. The van der Waals surface area contributed by atoms with Crippen LogP contribution in [0.2, 0.25) is 0 Å². The highest BCUT2D eigenvalue weighted by molar-refractivity contribution is 7.92. The number of carbonyl (C=O) groups excluding carboxylic acids is 2. The van der Waals surface area contributed by atoms with Crippen molar-refractivity contribution >= 4 is 45.6 Å². The van der Waals surface area contributed by atoms with E-state index in [4.69, 9.17) is 0 Å². The molecule has 2 amide bonds. The Morgan fingerprint density at radius 3 is 2.29 bits per heavy atom. The van der Waals surface area contributed by atoms with E-state index in [9.17, 15) is 18.0 Å². The highest BCUT2D eigenvalue weighted by atomic mass is 35.5. The van der Waals surface area contributed by atoms with E-state index in [1.807, 2.05) is 0 Å². The number of fused-ring (bicyclic) bond motifs is 1. The van der Waals surface area contributed by atoms with Crippen LogP contribution in [0.3, 0.4) is 0 Å². The number of carbonyl (C=O) groups is 2. The lowest BCUT2D eigenvalue weighted by Gasteiger charge is -2.23. The average molecular weight is 431 g/mol. The van der Waals surface area contributed by atoms with E-state index in [2.05, 4.69) is 15.4 Å². The third-order valence-corrected chi connectivity index (χ3v) is 5.76. The number of nitrogens with zero attached hydrogens (tertiary/aromatic N) is 1. The number of likely N-dealkylation sites (tertiary alicyclic amines) is 1. The molecule has 0 bridgehead atoms. The number of rotatable bonds is 4. The van der Waals surface area contributed by atoms with Crippen molar-refractivity contribution in [3.63, 3.8) is 0 Å². The molecule has 2 fully saturated rings. The topological polar surface area (TPSA) is 108 Å². The number of benzene rings is 1. The predicted octanol–water partition coefficient (Wildman–Crippen LogP) is 1.51. The lowest BCUT2D eigenvalue weighted by atomic mass is 9.92. The molecule has 0 unspecified atom stereocenters. The molecule has 2 heterocycles. The van der Waals surface area contributed by atoms with E-state index in [0.29, 0.717) is 30.6 Å². The molecule has 2 atom stereocenters. The van der Waals surface area contributed by atoms with Crippen LogP contribution < -0.4 is 15.4 Å². The minimum Gasteiger partial charge on any atom is -0.339 e. The van der Waals surface area contributed by atoms with E-state index in [-0.39, 0.29) is 35.5 Å². The number of nitrogens with one attached hydrogen (secondary N) is 3. The van der Waals surface area contributed by atoms with E-state index >= 15 is 0 Å². The molecule has 0 aliphatic carbocycles. The van der Waals surface area contributed by atoms with Crippen molar-refractivity contribution in [3.05, 3.63) is 23.8 Å². The first-order chi connectivity index (χ1) is 12.7. The molecule has 8 nitrogen and oxygen atoms in total. The molecule has 0 spiro atoms. The molecule has 0 saturated carbocycles. The SMILES string of the molecule is CC(=O)Nc1ccc(NS(C)(=O)=O)c(C(=O)N2CC[C@@H]3CNC[C@@H]3CC2)c1.Cl. The van der Waals surface area contributed by atoms with Crippen molar-refractivity contribution in [2.45, 2.75) is 19.8 Å². The second kappa shape index (κ2) is 9.11. The van der Waals surface area contributed by atoms with E-state index in [1.165, 1.54) is 19.1 Å². The minimum absolute atomic E-state index is 0. The summed E-state index contributed by atoms with van der Waals surface area (Å²) in [7, 11) is -3.54. The summed E-state index contributed by atoms with van der Waals surface area (Å²) in [5.74, 6) is 0.692. The fourth-order valence-electron chi connectivity index (χ4n) is 3.88. The summed E-state index contributed by atoms with van der Waals surface area (Å²) < 4.78 is 25.8. The highest BCUT2D eigenvalue weighted by Gasteiger charge is 2.32. The number of anilines is 2. The Bertz CT molecular complexity index is 832. The Hall–Kier alpha value is -1.84. The molecule has 1 aromatic carbocycles. The molecule has 1 aromatic rings. The van der Waals surface area contributed by atoms with E-state index in [1.54, 1.807) is 11.0 Å². The number of hydrogen-bond acceptors (Lipinski definition) is 5. The Morgan fingerprint density at radius 1 is 1.14 bits per heavy atom. The van der Waals surface area contributed by atoms with Gasteiger partial charge in [-0.25, -0.2) is 8.42 Å². The molecule has 2 aliphatic heterocycles. The van der Waals surface area contributed by atoms with Gasteiger partial charge in [0.15, 0.2) is 0 Å². The summed E-state index contributed by atoms with van der Waals surface area (Å²) in [6, 6.07) is 4.62. The van der Waals surface area contributed by atoms with Crippen LogP contribution >= 0.6 is 12.4 Å². The number of sulfonamides is 1. The maximum absolute atomic E-state index is 13.2. The third kappa shape index (κ3) is 5.59. The van der Waals surface area contributed by atoms with Crippen LogP contribution in [0.1, 0.15) is 30.1 Å². The lowest BCUT2D eigenvalue weighted by molar-refractivity contribution is -0.114. The second-order valence-corrected chi connectivity index (χ2v) is 9.11. The van der Waals surface area contributed by atoms with Gasteiger partial charge in [-0.1, -0.05) is 0 Å². The van der Waals surface area contributed by atoms with E-state index < -0.39 is 10.0 Å². The Kier molecular flexibility index (Phi) is 7.30. The van der Waals surface area contributed by atoms with Crippen LogP contribution in [-0.2, 0) is 14.8 Å². The number of halogens is 1. The summed E-state index contributed by atoms with van der Waals surface area (Å²) >= 11 is 0. The van der Waals surface area contributed by atoms with Gasteiger partial charge in [0.1, 0.15) is 0 Å². The van der Waals surface area contributed by atoms with Gasteiger partial charge in [0.25, 0.3) is 5.91 Å². The van der Waals surface area contributed by atoms with Gasteiger partial charge in [0, 0.05) is 25.7 Å². The quantitative estimate of drug-likeness (QED) is 0.671. The molecule has 3 N–H and O–H groups in total. The zero-order chi connectivity index (χ0) is 19.6. The maximum Gasteiger partial charge on any atom is 0.256 e. The summed E-state index contributed by atoms with van der Waals surface area (Å²) in [4.78, 5) is 26.3. The van der Waals surface area contributed by atoms with Gasteiger partial charge >= 0.3 is 0 Å². The van der Waals surface area contributed by atoms with Crippen LogP contribution in [0.25, 0.3) is 0 Å². The number of hydrogen-bond donors (Lipinski definition) is 3. The molecule has 10 heteroatoms. The average Bonchev–Trinajstić information content (AvgIpc) is 2.92. The standard InChI is InChI=1S/C18H26N4O4S.ClH/c1-12(23)20-15-3-4-17(21-27(2,25)26)16(9-15)18(24)22-7-5-13-10-19-11-14(13)6-8-22;/h3-4,9,13-14,19,21H,5-8,10-11H2,1-2H3,(H,20,23);1H/t13-,14+;. The van der Waals surface area contributed by atoms with Gasteiger partial charge in [-0.2, -0.15) is 0 Å². The second-order valence-electron chi connectivity index (χ2n) is 7.36. The molecule has 2 aliphatic rings. The predicted molar refractivity (Wildman–Crippen MR) is 111 cm³/mol. The number of amides is 2. The molecule has 3 rings (SSSR count). The van der Waals surface area contributed by atoms with Crippen molar-refractivity contribution in [3.8, 4) is 0 Å². The fourth-order valence-corrected chi connectivity index (χ4v) is 4.46. The van der Waals surface area contributed by atoms with Crippen molar-refractivity contribution in [2.24, 2.45) is 11.8 Å². The summed E-state index contributed by atoms with van der Waals surface area (Å²) in [6.07, 6.45) is 2.91. The summed E-state index contributed by atoms with van der Waals surface area (Å²) in [5.41, 5.74) is 0.931. The molecule has 0 aromatic heterocycles. The van der Waals surface area contributed by atoms with Crippen LogP contribution in [0.5, 0.6) is 0 Å². The van der Waals surface area contributed by atoms with Gasteiger partial charge < -0.3 is 15.5 Å². The van der Waals surface area contributed by atoms with Gasteiger partial charge in [0.05, 0.1) is 17.5 Å². The van der Waals surface area contributed by atoms with Gasteiger partial charge in [-0.3, -0.25) is 14.3 Å².